The van der Waals surface area contributed by atoms with Crippen LogP contribution in [0.15, 0.2) is 28.8 Å². The minimum Gasteiger partial charge on any atom is -0.338 e. The number of aromatic nitrogens is 2. The highest BCUT2D eigenvalue weighted by atomic mass is 32.2. The lowest BCUT2D eigenvalue weighted by atomic mass is 10.2. The van der Waals surface area contributed by atoms with Gasteiger partial charge in [-0.05, 0) is 19.9 Å². The van der Waals surface area contributed by atoms with E-state index in [9.17, 15) is 8.60 Å². The Morgan fingerprint density at radius 3 is 2.78 bits per heavy atom. The third-order valence-corrected chi connectivity index (χ3v) is 4.13. The van der Waals surface area contributed by atoms with Crippen LogP contribution in [0.4, 0.5) is 4.39 Å². The van der Waals surface area contributed by atoms with E-state index in [0.717, 1.165) is 0 Å². The van der Waals surface area contributed by atoms with E-state index in [-0.39, 0.29) is 11.6 Å². The standard InChI is InChI=1S/C12H13FN2O2S/c1-8(12-14-9(2)15-17-12)18(16)7-10-5-3-4-6-11(10)13/h3-6,8H,7H2,1-2H3/t8-,18-/m1/s1. The first kappa shape index (κ1) is 12.9. The van der Waals surface area contributed by atoms with Gasteiger partial charge in [-0.15, -0.1) is 0 Å². The van der Waals surface area contributed by atoms with Crippen molar-refractivity contribution < 1.29 is 13.1 Å². The lowest BCUT2D eigenvalue weighted by Crippen LogP contribution is -2.07. The summed E-state index contributed by atoms with van der Waals surface area (Å²) in [5.74, 6) is 0.608. The highest BCUT2D eigenvalue weighted by Gasteiger charge is 2.20. The van der Waals surface area contributed by atoms with E-state index < -0.39 is 16.0 Å². The van der Waals surface area contributed by atoms with Crippen LogP contribution in [0.25, 0.3) is 0 Å². The van der Waals surface area contributed by atoms with Gasteiger partial charge in [-0.3, -0.25) is 4.21 Å². The van der Waals surface area contributed by atoms with Gasteiger partial charge < -0.3 is 4.52 Å². The van der Waals surface area contributed by atoms with Crippen LogP contribution in [-0.4, -0.2) is 14.3 Å². The molecule has 0 saturated carbocycles. The molecule has 6 heteroatoms. The molecule has 2 atom stereocenters. The van der Waals surface area contributed by atoms with E-state index in [0.29, 0.717) is 17.3 Å². The van der Waals surface area contributed by atoms with Crippen LogP contribution in [0.3, 0.4) is 0 Å². The molecular formula is C12H13FN2O2S. The average molecular weight is 268 g/mol. The number of aryl methyl sites for hydroxylation is 1. The van der Waals surface area contributed by atoms with Crippen molar-refractivity contribution >= 4 is 10.8 Å². The van der Waals surface area contributed by atoms with Gasteiger partial charge in [0.05, 0.1) is 5.75 Å². The Kier molecular flexibility index (Phi) is 3.86. The first-order chi connectivity index (χ1) is 8.58. The second-order valence-electron chi connectivity index (χ2n) is 3.94. The van der Waals surface area contributed by atoms with Gasteiger partial charge in [-0.25, -0.2) is 4.39 Å². The quantitative estimate of drug-likeness (QED) is 0.855. The molecule has 0 bridgehead atoms. The van der Waals surface area contributed by atoms with E-state index >= 15 is 0 Å². The van der Waals surface area contributed by atoms with Gasteiger partial charge in [-0.2, -0.15) is 4.98 Å². The van der Waals surface area contributed by atoms with Gasteiger partial charge in [0.25, 0.3) is 0 Å². The summed E-state index contributed by atoms with van der Waals surface area (Å²) in [5.41, 5.74) is 0.430. The zero-order valence-electron chi connectivity index (χ0n) is 10.1. The Bertz CT molecular complexity index is 571. The number of nitrogens with zero attached hydrogens (tertiary/aromatic N) is 2. The third kappa shape index (κ3) is 2.81. The van der Waals surface area contributed by atoms with E-state index in [1.807, 2.05) is 0 Å². The van der Waals surface area contributed by atoms with Gasteiger partial charge in [0.15, 0.2) is 5.82 Å². The summed E-state index contributed by atoms with van der Waals surface area (Å²) in [4.78, 5) is 4.03. The number of halogens is 1. The van der Waals surface area contributed by atoms with Crippen molar-refractivity contribution in [1.29, 1.82) is 0 Å². The zero-order valence-corrected chi connectivity index (χ0v) is 10.9. The molecule has 96 valence electrons. The van der Waals surface area contributed by atoms with Crippen LogP contribution in [0.5, 0.6) is 0 Å². The van der Waals surface area contributed by atoms with Gasteiger partial charge >= 0.3 is 0 Å². The van der Waals surface area contributed by atoms with Gasteiger partial charge in [-0.1, -0.05) is 23.4 Å². The van der Waals surface area contributed by atoms with Crippen molar-refractivity contribution in [1.82, 2.24) is 10.1 Å². The van der Waals surface area contributed by atoms with E-state index in [2.05, 4.69) is 10.1 Å². The molecular weight excluding hydrogens is 255 g/mol. The number of rotatable bonds is 4. The molecule has 1 heterocycles. The van der Waals surface area contributed by atoms with Gasteiger partial charge in [0, 0.05) is 16.4 Å². The SMILES string of the molecule is Cc1noc([C@@H](C)[S@](=O)Cc2ccccc2F)n1. The second-order valence-corrected chi connectivity index (χ2v) is 5.70. The maximum atomic E-state index is 13.4. The molecule has 0 aliphatic rings. The molecule has 0 saturated heterocycles. The normalized spacial score (nSPS) is 14.4. The van der Waals surface area contributed by atoms with Crippen molar-refractivity contribution in [2.45, 2.75) is 24.9 Å². The average Bonchev–Trinajstić information content (AvgIpc) is 2.78. The fourth-order valence-corrected chi connectivity index (χ4v) is 2.60. The third-order valence-electron chi connectivity index (χ3n) is 2.54. The minimum atomic E-state index is -1.30. The molecule has 0 unspecified atom stereocenters. The summed E-state index contributed by atoms with van der Waals surface area (Å²) in [6.07, 6.45) is 0. The molecule has 0 spiro atoms. The van der Waals surface area contributed by atoms with Crippen LogP contribution >= 0.6 is 0 Å². The molecule has 2 rings (SSSR count). The Hall–Kier alpha value is -1.56. The lowest BCUT2D eigenvalue weighted by molar-refractivity contribution is 0.375. The fourth-order valence-electron chi connectivity index (χ4n) is 1.48. The largest absolute Gasteiger partial charge is 0.338 e. The molecule has 18 heavy (non-hydrogen) atoms. The van der Waals surface area contributed by atoms with Crippen molar-refractivity contribution in [2.24, 2.45) is 0 Å². The van der Waals surface area contributed by atoms with Crippen molar-refractivity contribution in [3.05, 3.63) is 47.4 Å². The topological polar surface area (TPSA) is 56.0 Å². The van der Waals surface area contributed by atoms with Crippen molar-refractivity contribution in [2.75, 3.05) is 0 Å². The van der Waals surface area contributed by atoms with Crippen LogP contribution in [0.2, 0.25) is 0 Å². The molecule has 4 nitrogen and oxygen atoms in total. The molecule has 0 aliphatic carbocycles. The predicted molar refractivity (Wildman–Crippen MR) is 65.7 cm³/mol. The van der Waals surface area contributed by atoms with Crippen molar-refractivity contribution in [3.8, 4) is 0 Å². The Balaban J connectivity index is 2.11. The molecule has 1 aromatic heterocycles. The monoisotopic (exact) mass is 268 g/mol. The summed E-state index contributed by atoms with van der Waals surface area (Å²) in [5, 5.41) is 3.24. The van der Waals surface area contributed by atoms with Gasteiger partial charge in [0.1, 0.15) is 11.1 Å². The molecule has 0 aliphatic heterocycles. The van der Waals surface area contributed by atoms with Crippen LogP contribution in [0.1, 0.15) is 29.5 Å². The smallest absolute Gasteiger partial charge is 0.242 e. The number of benzene rings is 1. The summed E-state index contributed by atoms with van der Waals surface area (Å²) in [7, 11) is -1.30. The Labute approximate surface area is 107 Å². The summed E-state index contributed by atoms with van der Waals surface area (Å²) < 4.78 is 30.5. The Morgan fingerprint density at radius 2 is 2.17 bits per heavy atom. The van der Waals surface area contributed by atoms with Crippen LogP contribution in [-0.2, 0) is 16.6 Å². The first-order valence-corrected chi connectivity index (χ1v) is 6.87. The Morgan fingerprint density at radius 1 is 1.44 bits per heavy atom. The minimum absolute atomic E-state index is 0.134. The van der Waals surface area contributed by atoms with Crippen LogP contribution < -0.4 is 0 Å². The molecule has 0 radical (unpaired) electrons. The van der Waals surface area contributed by atoms with E-state index in [1.165, 1.54) is 6.07 Å². The van der Waals surface area contributed by atoms with E-state index in [1.54, 1.807) is 32.0 Å². The fraction of sp³-hybridized carbons (Fsp3) is 0.333. The molecule has 1 aromatic carbocycles. The zero-order chi connectivity index (χ0) is 13.1. The van der Waals surface area contributed by atoms with Gasteiger partial charge in [0.2, 0.25) is 5.89 Å². The summed E-state index contributed by atoms with van der Waals surface area (Å²) in [6.45, 7) is 3.42. The maximum Gasteiger partial charge on any atom is 0.242 e. The maximum absolute atomic E-state index is 13.4. The highest BCUT2D eigenvalue weighted by molar-refractivity contribution is 7.84. The molecule has 0 N–H and O–H groups in total. The lowest BCUT2D eigenvalue weighted by Gasteiger charge is -2.07. The first-order valence-electron chi connectivity index (χ1n) is 5.48. The second kappa shape index (κ2) is 5.39. The van der Waals surface area contributed by atoms with Crippen LogP contribution in [0, 0.1) is 12.7 Å². The van der Waals surface area contributed by atoms with Crippen molar-refractivity contribution in [3.63, 3.8) is 0 Å². The van der Waals surface area contributed by atoms with E-state index in [4.69, 9.17) is 4.52 Å². The summed E-state index contributed by atoms with van der Waals surface area (Å²) in [6, 6.07) is 6.30. The molecule has 0 amide bonds. The molecule has 2 aromatic rings. The summed E-state index contributed by atoms with van der Waals surface area (Å²) >= 11 is 0. The highest BCUT2D eigenvalue weighted by Crippen LogP contribution is 2.21. The predicted octanol–water partition coefficient (Wildman–Crippen LogP) is 2.53. The number of hydrogen-bond acceptors (Lipinski definition) is 4. The molecule has 0 fully saturated rings. The number of hydrogen-bond donors (Lipinski definition) is 0.